The van der Waals surface area contributed by atoms with Crippen molar-refractivity contribution in [2.24, 2.45) is 11.8 Å². The normalized spacial score (nSPS) is 16.8. The second-order valence-electron chi connectivity index (χ2n) is 12.5. The van der Waals surface area contributed by atoms with Crippen molar-refractivity contribution >= 4 is 20.2 Å². The van der Waals surface area contributed by atoms with Gasteiger partial charge in [-0.25, -0.2) is 4.79 Å². The van der Waals surface area contributed by atoms with Gasteiger partial charge in [-0.2, -0.15) is 0 Å². The van der Waals surface area contributed by atoms with Crippen LogP contribution in [0.25, 0.3) is 11.1 Å². The van der Waals surface area contributed by atoms with Crippen LogP contribution in [0, 0.1) is 11.8 Å². The molecule has 0 saturated carbocycles. The Morgan fingerprint density at radius 2 is 1.45 bits per heavy atom. The van der Waals surface area contributed by atoms with Crippen LogP contribution in [0.3, 0.4) is 0 Å². The van der Waals surface area contributed by atoms with Crippen LogP contribution in [0.1, 0.15) is 65.5 Å². The lowest BCUT2D eigenvalue weighted by atomic mass is 9.94. The third-order valence-corrected chi connectivity index (χ3v) is 12.7. The van der Waals surface area contributed by atoms with Gasteiger partial charge in [0.25, 0.3) is 0 Å². The van der Waals surface area contributed by atoms with Crippen molar-refractivity contribution in [1.82, 2.24) is 5.32 Å². The number of nitrogens with one attached hydrogen (secondary N) is 1. The number of rotatable bonds is 10. The van der Waals surface area contributed by atoms with Crippen molar-refractivity contribution < 1.29 is 23.9 Å². The largest absolute Gasteiger partial charge is 0.463 e. The lowest BCUT2D eigenvalue weighted by Gasteiger charge is -2.42. The van der Waals surface area contributed by atoms with Crippen molar-refractivity contribution in [3.8, 4) is 11.1 Å². The molecule has 0 heterocycles. The second-order valence-corrected chi connectivity index (χ2v) is 17.2. The van der Waals surface area contributed by atoms with Crippen LogP contribution >= 0.6 is 0 Å². The Bertz CT molecular complexity index is 1090. The molecule has 0 bridgehead atoms. The summed E-state index contributed by atoms with van der Waals surface area (Å²) in [5.74, 6) is -1.48. The number of hydrogen-bond acceptors (Lipinski definition) is 5. The van der Waals surface area contributed by atoms with Crippen molar-refractivity contribution in [3.05, 3.63) is 59.7 Å². The van der Waals surface area contributed by atoms with E-state index in [9.17, 15) is 14.7 Å². The summed E-state index contributed by atoms with van der Waals surface area (Å²) in [6, 6.07) is 15.1. The minimum Gasteiger partial charge on any atom is -0.463 e. The Labute approximate surface area is 229 Å². The number of aliphatic hydroxyl groups is 1. The molecule has 38 heavy (non-hydrogen) atoms. The molecule has 0 unspecified atom stereocenters. The van der Waals surface area contributed by atoms with Gasteiger partial charge in [0.05, 0.1) is 18.1 Å². The molecular weight excluding hydrogens is 494 g/mol. The highest BCUT2D eigenvalue weighted by Gasteiger charge is 2.42. The zero-order valence-electron chi connectivity index (χ0n) is 24.4. The summed E-state index contributed by atoms with van der Waals surface area (Å²) in [5.41, 5.74) is 4.49. The van der Waals surface area contributed by atoms with Crippen molar-refractivity contribution in [2.45, 2.75) is 90.8 Å². The molecular formula is C31H45NO5Si. The van der Waals surface area contributed by atoms with Gasteiger partial charge in [0.1, 0.15) is 6.61 Å². The van der Waals surface area contributed by atoms with E-state index in [0.29, 0.717) is 0 Å². The van der Waals surface area contributed by atoms with Gasteiger partial charge in [-0.1, -0.05) is 90.1 Å². The number of benzene rings is 2. The summed E-state index contributed by atoms with van der Waals surface area (Å²) in [6.07, 6.45) is -1.42. The SMILES string of the molecule is CC(C)[C@@H](O[Si](C)(C)C(C)(C)C)[C@@H](C)C(=O)N[C@H](C(=O)OCC1c2ccccc2-c2ccccc21)[C@@H](C)O. The summed E-state index contributed by atoms with van der Waals surface area (Å²) in [5, 5.41) is 13.2. The van der Waals surface area contributed by atoms with E-state index in [1.54, 1.807) is 0 Å². The standard InChI is InChI=1S/C31H45NO5Si/c1-19(2)28(37-38(8,9)31(5,6)7)20(3)29(34)32-27(21(4)33)30(35)36-18-26-24-16-12-10-14-22(24)23-15-11-13-17-25(23)26/h10-17,19-21,26-28,33H,18H2,1-9H3,(H,32,34)/t20-,21-,27+,28-/m1/s1. The molecule has 1 aliphatic rings. The summed E-state index contributed by atoms with van der Waals surface area (Å²) in [7, 11) is -2.13. The van der Waals surface area contributed by atoms with E-state index in [1.165, 1.54) is 6.92 Å². The molecule has 7 heteroatoms. The number of esters is 1. The monoisotopic (exact) mass is 539 g/mol. The van der Waals surface area contributed by atoms with Crippen molar-refractivity contribution in [2.75, 3.05) is 6.61 Å². The smallest absolute Gasteiger partial charge is 0.331 e. The van der Waals surface area contributed by atoms with Crippen LogP contribution in [0.2, 0.25) is 18.1 Å². The highest BCUT2D eigenvalue weighted by Crippen LogP contribution is 2.44. The van der Waals surface area contributed by atoms with Gasteiger partial charge in [-0.05, 0) is 53.2 Å². The number of ether oxygens (including phenoxy) is 1. The molecule has 2 aromatic carbocycles. The Morgan fingerprint density at radius 3 is 1.89 bits per heavy atom. The molecule has 3 rings (SSSR count). The lowest BCUT2D eigenvalue weighted by Crippen LogP contribution is -2.54. The number of hydrogen-bond donors (Lipinski definition) is 2. The van der Waals surface area contributed by atoms with E-state index in [1.807, 2.05) is 45.0 Å². The van der Waals surface area contributed by atoms with E-state index in [0.717, 1.165) is 22.3 Å². The zero-order valence-corrected chi connectivity index (χ0v) is 25.4. The summed E-state index contributed by atoms with van der Waals surface area (Å²) in [4.78, 5) is 26.5. The van der Waals surface area contributed by atoms with Crippen LogP contribution in [-0.4, -0.2) is 50.2 Å². The molecule has 2 aromatic rings. The number of aliphatic hydroxyl groups excluding tert-OH is 1. The molecule has 2 N–H and O–H groups in total. The van der Waals surface area contributed by atoms with Crippen molar-refractivity contribution in [1.29, 1.82) is 0 Å². The highest BCUT2D eigenvalue weighted by atomic mass is 28.4. The minimum atomic E-state index is -2.13. The molecule has 208 valence electrons. The predicted octanol–water partition coefficient (Wildman–Crippen LogP) is 5.89. The maximum atomic E-state index is 13.3. The molecule has 0 saturated heterocycles. The molecule has 1 aliphatic carbocycles. The van der Waals surface area contributed by atoms with Crippen LogP contribution < -0.4 is 5.32 Å². The molecule has 0 spiro atoms. The summed E-state index contributed by atoms with van der Waals surface area (Å²) in [6.45, 7) is 18.4. The van der Waals surface area contributed by atoms with E-state index < -0.39 is 32.4 Å². The van der Waals surface area contributed by atoms with E-state index in [4.69, 9.17) is 9.16 Å². The van der Waals surface area contributed by atoms with Crippen LogP contribution in [0.4, 0.5) is 0 Å². The molecule has 1 amide bonds. The van der Waals surface area contributed by atoms with Gasteiger partial charge in [-0.15, -0.1) is 0 Å². The van der Waals surface area contributed by atoms with Gasteiger partial charge in [0.15, 0.2) is 14.4 Å². The van der Waals surface area contributed by atoms with E-state index >= 15 is 0 Å². The Balaban J connectivity index is 1.71. The van der Waals surface area contributed by atoms with Crippen molar-refractivity contribution in [3.63, 3.8) is 0 Å². The average molecular weight is 540 g/mol. The number of fused-ring (bicyclic) bond motifs is 3. The van der Waals surface area contributed by atoms with E-state index in [-0.39, 0.29) is 35.5 Å². The molecule has 0 radical (unpaired) electrons. The number of carbonyl (C=O) groups excluding carboxylic acids is 2. The van der Waals surface area contributed by atoms with E-state index in [2.05, 4.69) is 63.4 Å². The third kappa shape index (κ3) is 6.38. The van der Waals surface area contributed by atoms with Crippen LogP contribution in [0.15, 0.2) is 48.5 Å². The second kappa shape index (κ2) is 11.7. The zero-order chi connectivity index (χ0) is 28.4. The molecule has 4 atom stereocenters. The molecule has 0 fully saturated rings. The first kappa shape index (κ1) is 30.1. The third-order valence-electron chi connectivity index (χ3n) is 8.19. The Hall–Kier alpha value is -2.48. The molecule has 0 aromatic heterocycles. The first-order valence-corrected chi connectivity index (χ1v) is 16.6. The Morgan fingerprint density at radius 1 is 0.947 bits per heavy atom. The maximum absolute atomic E-state index is 13.3. The lowest BCUT2D eigenvalue weighted by molar-refractivity contribution is -0.152. The summed E-state index contributed by atoms with van der Waals surface area (Å²) < 4.78 is 12.4. The van der Waals surface area contributed by atoms with Gasteiger partial charge in [-0.3, -0.25) is 4.79 Å². The summed E-state index contributed by atoms with van der Waals surface area (Å²) >= 11 is 0. The molecule has 6 nitrogen and oxygen atoms in total. The van der Waals surface area contributed by atoms with Crippen LogP contribution in [0.5, 0.6) is 0 Å². The minimum absolute atomic E-state index is 0.000232. The fourth-order valence-electron chi connectivity index (χ4n) is 4.84. The number of amides is 1. The van der Waals surface area contributed by atoms with Gasteiger partial charge < -0.3 is 19.6 Å². The first-order valence-electron chi connectivity index (χ1n) is 13.7. The fourth-order valence-corrected chi connectivity index (χ4v) is 6.35. The first-order chi connectivity index (χ1) is 17.7. The number of carbonyl (C=O) groups is 2. The highest BCUT2D eigenvalue weighted by molar-refractivity contribution is 6.74. The van der Waals surface area contributed by atoms with Gasteiger partial charge >= 0.3 is 5.97 Å². The fraction of sp³-hybridized carbons (Fsp3) is 0.548. The quantitative estimate of drug-likeness (QED) is 0.290. The predicted molar refractivity (Wildman–Crippen MR) is 154 cm³/mol. The maximum Gasteiger partial charge on any atom is 0.331 e. The topological polar surface area (TPSA) is 84.9 Å². The molecule has 0 aliphatic heterocycles. The average Bonchev–Trinajstić information content (AvgIpc) is 3.16. The van der Waals surface area contributed by atoms with Crippen LogP contribution in [-0.2, 0) is 18.8 Å². The van der Waals surface area contributed by atoms with Gasteiger partial charge in [0, 0.05) is 5.92 Å². The Kier molecular flexibility index (Phi) is 9.27. The van der Waals surface area contributed by atoms with Gasteiger partial charge in [0.2, 0.25) is 5.91 Å².